The number of amides is 2. The van der Waals surface area contributed by atoms with E-state index in [4.69, 9.17) is 5.73 Å². The fraction of sp³-hybridized carbons (Fsp3) is 0.429. The Morgan fingerprint density at radius 1 is 1.30 bits per heavy atom. The highest BCUT2D eigenvalue weighted by Gasteiger charge is 2.21. The Hall–Kier alpha value is -1.95. The molecule has 0 bridgehead atoms. The van der Waals surface area contributed by atoms with Crippen molar-refractivity contribution in [1.29, 1.82) is 0 Å². The van der Waals surface area contributed by atoms with Gasteiger partial charge in [0.25, 0.3) is 0 Å². The van der Waals surface area contributed by atoms with Crippen molar-refractivity contribution in [2.75, 3.05) is 13.6 Å². The zero-order valence-electron chi connectivity index (χ0n) is 11.9. The molecule has 0 saturated carbocycles. The average molecular weight is 281 g/mol. The second-order valence-electron chi connectivity index (χ2n) is 4.96. The Balaban J connectivity index is 2.76. The molecule has 0 heterocycles. The normalized spacial score (nSPS) is 12.5. The monoisotopic (exact) mass is 281 g/mol. The van der Waals surface area contributed by atoms with Gasteiger partial charge in [0.1, 0.15) is 11.9 Å². The Kier molecular flexibility index (Phi) is 5.64. The van der Waals surface area contributed by atoms with Crippen molar-refractivity contribution in [3.05, 3.63) is 35.6 Å². The third-order valence-corrected chi connectivity index (χ3v) is 3.07. The van der Waals surface area contributed by atoms with Gasteiger partial charge < -0.3 is 11.1 Å². The third kappa shape index (κ3) is 4.62. The molecule has 2 amide bonds. The number of nitrogens with two attached hydrogens (primary N) is 1. The Morgan fingerprint density at radius 2 is 1.85 bits per heavy atom. The first-order valence-corrected chi connectivity index (χ1v) is 6.35. The fourth-order valence-electron chi connectivity index (χ4n) is 1.59. The zero-order valence-corrected chi connectivity index (χ0v) is 11.9. The number of hydrogen-bond acceptors (Lipinski definition) is 3. The first-order chi connectivity index (χ1) is 9.31. The highest BCUT2D eigenvalue weighted by atomic mass is 19.1. The van der Waals surface area contributed by atoms with Crippen LogP contribution in [-0.2, 0) is 9.59 Å². The SMILES string of the molecule is CC(C)N(C)CC(=O)N[C@@H](C(N)=O)c1ccc(F)cc1. The summed E-state index contributed by atoms with van der Waals surface area (Å²) in [4.78, 5) is 25.1. The van der Waals surface area contributed by atoms with Crippen molar-refractivity contribution in [2.24, 2.45) is 5.73 Å². The largest absolute Gasteiger partial charge is 0.368 e. The standard InChI is InChI=1S/C14H20FN3O2/c1-9(2)18(3)8-12(19)17-13(14(16)20)10-4-6-11(15)7-5-10/h4-7,9,13H,8H2,1-3H3,(H2,16,20)(H,17,19)/t13-/m1/s1. The van der Waals surface area contributed by atoms with Crippen molar-refractivity contribution in [1.82, 2.24) is 10.2 Å². The lowest BCUT2D eigenvalue weighted by Gasteiger charge is -2.22. The summed E-state index contributed by atoms with van der Waals surface area (Å²) in [5.74, 6) is -1.41. The minimum absolute atomic E-state index is 0.155. The molecule has 1 aromatic rings. The maximum absolute atomic E-state index is 12.9. The van der Waals surface area contributed by atoms with Crippen molar-refractivity contribution in [3.8, 4) is 0 Å². The van der Waals surface area contributed by atoms with Crippen molar-refractivity contribution in [3.63, 3.8) is 0 Å². The van der Waals surface area contributed by atoms with E-state index >= 15 is 0 Å². The lowest BCUT2D eigenvalue weighted by atomic mass is 10.1. The van der Waals surface area contributed by atoms with Gasteiger partial charge in [-0.25, -0.2) is 4.39 Å². The number of carbonyl (C=O) groups excluding carboxylic acids is 2. The summed E-state index contributed by atoms with van der Waals surface area (Å²) >= 11 is 0. The van der Waals surface area contributed by atoms with E-state index in [2.05, 4.69) is 5.32 Å². The second kappa shape index (κ2) is 7.00. The van der Waals surface area contributed by atoms with Gasteiger partial charge in [-0.15, -0.1) is 0 Å². The molecule has 0 radical (unpaired) electrons. The molecule has 0 spiro atoms. The Labute approximate surface area is 117 Å². The first-order valence-electron chi connectivity index (χ1n) is 6.35. The van der Waals surface area contributed by atoms with E-state index in [9.17, 15) is 14.0 Å². The van der Waals surface area contributed by atoms with Crippen LogP contribution in [0.25, 0.3) is 0 Å². The number of nitrogens with zero attached hydrogens (tertiary/aromatic N) is 1. The van der Waals surface area contributed by atoms with Gasteiger partial charge in [0, 0.05) is 6.04 Å². The summed E-state index contributed by atoms with van der Waals surface area (Å²) in [5, 5.41) is 2.56. The van der Waals surface area contributed by atoms with Crippen LogP contribution in [0.15, 0.2) is 24.3 Å². The highest BCUT2D eigenvalue weighted by molar-refractivity contribution is 5.88. The molecule has 0 aliphatic carbocycles. The van der Waals surface area contributed by atoms with Crippen LogP contribution in [0, 0.1) is 5.82 Å². The predicted octanol–water partition coefficient (Wildman–Crippen LogP) is 0.809. The molecule has 20 heavy (non-hydrogen) atoms. The summed E-state index contributed by atoms with van der Waals surface area (Å²) < 4.78 is 12.9. The Morgan fingerprint density at radius 3 is 2.30 bits per heavy atom. The molecule has 110 valence electrons. The maximum Gasteiger partial charge on any atom is 0.244 e. The molecule has 0 saturated heterocycles. The summed E-state index contributed by atoms with van der Waals surface area (Å²) in [5.41, 5.74) is 5.74. The number of carbonyl (C=O) groups is 2. The molecule has 3 N–H and O–H groups in total. The second-order valence-corrected chi connectivity index (χ2v) is 4.96. The smallest absolute Gasteiger partial charge is 0.244 e. The van der Waals surface area contributed by atoms with Crippen LogP contribution < -0.4 is 11.1 Å². The van der Waals surface area contributed by atoms with Gasteiger partial charge in [-0.2, -0.15) is 0 Å². The molecule has 0 aliphatic rings. The van der Waals surface area contributed by atoms with Gasteiger partial charge in [0.2, 0.25) is 11.8 Å². The van der Waals surface area contributed by atoms with Gasteiger partial charge in [-0.05, 0) is 38.6 Å². The van der Waals surface area contributed by atoms with Crippen LogP contribution in [-0.4, -0.2) is 36.3 Å². The van der Waals surface area contributed by atoms with E-state index in [1.807, 2.05) is 18.7 Å². The third-order valence-electron chi connectivity index (χ3n) is 3.07. The highest BCUT2D eigenvalue weighted by Crippen LogP contribution is 2.13. The topological polar surface area (TPSA) is 75.4 Å². The Bertz CT molecular complexity index is 474. The summed E-state index contributed by atoms with van der Waals surface area (Å²) in [6.45, 7) is 4.07. The van der Waals surface area contributed by atoms with Crippen molar-refractivity contribution >= 4 is 11.8 Å². The van der Waals surface area contributed by atoms with Crippen LogP contribution in [0.1, 0.15) is 25.5 Å². The van der Waals surface area contributed by atoms with Crippen LogP contribution >= 0.6 is 0 Å². The molecule has 1 atom stereocenters. The summed E-state index contributed by atoms with van der Waals surface area (Å²) in [6.07, 6.45) is 0. The van der Waals surface area contributed by atoms with Crippen LogP contribution in [0.5, 0.6) is 0 Å². The molecule has 1 rings (SSSR count). The number of halogens is 1. The fourth-order valence-corrected chi connectivity index (χ4v) is 1.59. The van der Waals surface area contributed by atoms with Gasteiger partial charge >= 0.3 is 0 Å². The molecule has 6 heteroatoms. The van der Waals surface area contributed by atoms with E-state index in [0.717, 1.165) is 0 Å². The molecule has 0 unspecified atom stereocenters. The number of primary amides is 1. The number of likely N-dealkylation sites (N-methyl/N-ethyl adjacent to an activating group) is 1. The number of rotatable bonds is 6. The molecule has 0 aromatic heterocycles. The average Bonchev–Trinajstić information content (AvgIpc) is 2.36. The van der Waals surface area contributed by atoms with E-state index in [1.165, 1.54) is 24.3 Å². The van der Waals surface area contributed by atoms with E-state index in [-0.39, 0.29) is 18.5 Å². The molecular formula is C14H20FN3O2. The number of hydrogen-bond donors (Lipinski definition) is 2. The number of nitrogens with one attached hydrogen (secondary N) is 1. The van der Waals surface area contributed by atoms with Gasteiger partial charge in [-0.1, -0.05) is 12.1 Å². The van der Waals surface area contributed by atoms with Gasteiger partial charge in [-0.3, -0.25) is 14.5 Å². The zero-order chi connectivity index (χ0) is 15.3. The lowest BCUT2D eigenvalue weighted by Crippen LogP contribution is -2.43. The van der Waals surface area contributed by atoms with Gasteiger partial charge in [0.15, 0.2) is 0 Å². The number of benzene rings is 1. The molecule has 5 nitrogen and oxygen atoms in total. The van der Waals surface area contributed by atoms with E-state index in [1.54, 1.807) is 7.05 Å². The minimum atomic E-state index is -0.955. The lowest BCUT2D eigenvalue weighted by molar-refractivity contribution is -0.128. The predicted molar refractivity (Wildman–Crippen MR) is 74.2 cm³/mol. The quantitative estimate of drug-likeness (QED) is 0.810. The minimum Gasteiger partial charge on any atom is -0.368 e. The van der Waals surface area contributed by atoms with Crippen LogP contribution in [0.2, 0.25) is 0 Å². The maximum atomic E-state index is 12.9. The summed E-state index contributed by atoms with van der Waals surface area (Å²) in [6, 6.07) is 4.55. The van der Waals surface area contributed by atoms with Crippen LogP contribution in [0.4, 0.5) is 4.39 Å². The van der Waals surface area contributed by atoms with Crippen LogP contribution in [0.3, 0.4) is 0 Å². The van der Waals surface area contributed by atoms with Gasteiger partial charge in [0.05, 0.1) is 6.54 Å². The van der Waals surface area contributed by atoms with E-state index < -0.39 is 17.8 Å². The molecule has 1 aromatic carbocycles. The molecular weight excluding hydrogens is 261 g/mol. The van der Waals surface area contributed by atoms with Crippen molar-refractivity contribution in [2.45, 2.75) is 25.9 Å². The molecule has 0 aliphatic heterocycles. The van der Waals surface area contributed by atoms with Crippen molar-refractivity contribution < 1.29 is 14.0 Å². The summed E-state index contributed by atoms with van der Waals surface area (Å²) in [7, 11) is 1.81. The van der Waals surface area contributed by atoms with E-state index in [0.29, 0.717) is 5.56 Å². The first kappa shape index (κ1) is 16.1. The molecule has 0 fully saturated rings.